The average molecular weight is 429 g/mol. The van der Waals surface area contributed by atoms with Crippen molar-refractivity contribution in [3.05, 3.63) is 66.5 Å². The predicted octanol–water partition coefficient (Wildman–Crippen LogP) is 6.85. The molecule has 0 spiro atoms. The van der Waals surface area contributed by atoms with Crippen molar-refractivity contribution in [2.45, 2.75) is 5.38 Å². The van der Waals surface area contributed by atoms with Gasteiger partial charge in [-0.25, -0.2) is 0 Å². The van der Waals surface area contributed by atoms with Gasteiger partial charge in [-0.3, -0.25) is 0 Å². The van der Waals surface area contributed by atoms with Gasteiger partial charge >= 0.3 is 0 Å². The molecule has 0 nitrogen and oxygen atoms in total. The molecular weight excluding hydrogens is 422 g/mol. The molecular formula is C13H7Br2Cl3. The third kappa shape index (κ3) is 3.23. The smallest absolute Gasteiger partial charge is 0.0847 e. The first kappa shape index (κ1) is 14.7. The molecule has 0 heterocycles. The molecule has 0 aliphatic heterocycles. The summed E-state index contributed by atoms with van der Waals surface area (Å²) in [6.45, 7) is 0. The fourth-order valence-electron chi connectivity index (χ4n) is 1.56. The molecule has 0 aromatic heterocycles. The Bertz CT molecular complexity index is 584. The Hall–Kier alpha value is 0.270. The molecule has 0 fully saturated rings. The van der Waals surface area contributed by atoms with Gasteiger partial charge in [-0.1, -0.05) is 61.1 Å². The minimum absolute atomic E-state index is 0.286. The van der Waals surface area contributed by atoms with Gasteiger partial charge < -0.3 is 0 Å². The highest BCUT2D eigenvalue weighted by atomic mass is 79.9. The van der Waals surface area contributed by atoms with Crippen LogP contribution in [0.5, 0.6) is 0 Å². The molecule has 1 unspecified atom stereocenters. The van der Waals surface area contributed by atoms with Gasteiger partial charge in [0.25, 0.3) is 0 Å². The van der Waals surface area contributed by atoms with E-state index in [1.165, 1.54) is 0 Å². The fraction of sp³-hybridized carbons (Fsp3) is 0.0769. The second kappa shape index (κ2) is 6.15. The first-order chi connectivity index (χ1) is 8.49. The lowest BCUT2D eigenvalue weighted by atomic mass is 10.0. The Balaban J connectivity index is 2.44. The Morgan fingerprint density at radius 3 is 2.28 bits per heavy atom. The molecule has 1 atom stereocenters. The van der Waals surface area contributed by atoms with E-state index in [2.05, 4.69) is 31.9 Å². The third-order valence-corrected chi connectivity index (χ3v) is 4.91. The van der Waals surface area contributed by atoms with Crippen LogP contribution in [0.25, 0.3) is 0 Å². The van der Waals surface area contributed by atoms with Crippen LogP contribution in [-0.2, 0) is 0 Å². The average Bonchev–Trinajstić information content (AvgIpc) is 2.35. The minimum Gasteiger partial charge on any atom is -0.113 e. The highest BCUT2D eigenvalue weighted by Gasteiger charge is 2.15. The minimum atomic E-state index is -0.286. The summed E-state index contributed by atoms with van der Waals surface area (Å²) in [5, 5.41) is 0.746. The van der Waals surface area contributed by atoms with Crippen LogP contribution in [0.4, 0.5) is 0 Å². The van der Waals surface area contributed by atoms with Crippen molar-refractivity contribution < 1.29 is 0 Å². The van der Waals surface area contributed by atoms with E-state index in [-0.39, 0.29) is 5.38 Å². The topological polar surface area (TPSA) is 0 Å². The summed E-state index contributed by atoms with van der Waals surface area (Å²) in [4.78, 5) is 0. The number of halogens is 5. The Morgan fingerprint density at radius 1 is 0.889 bits per heavy atom. The van der Waals surface area contributed by atoms with Crippen LogP contribution in [0.3, 0.4) is 0 Å². The van der Waals surface area contributed by atoms with Gasteiger partial charge in [0.15, 0.2) is 0 Å². The van der Waals surface area contributed by atoms with Crippen LogP contribution in [0.1, 0.15) is 16.5 Å². The van der Waals surface area contributed by atoms with E-state index in [4.69, 9.17) is 34.8 Å². The van der Waals surface area contributed by atoms with Crippen LogP contribution in [0.2, 0.25) is 10.0 Å². The van der Waals surface area contributed by atoms with Crippen molar-refractivity contribution >= 4 is 66.7 Å². The van der Waals surface area contributed by atoms with Gasteiger partial charge in [-0.05, 0) is 41.5 Å². The van der Waals surface area contributed by atoms with Gasteiger partial charge in [-0.2, -0.15) is 0 Å². The summed E-state index contributed by atoms with van der Waals surface area (Å²) >= 11 is 25.3. The molecule has 0 aliphatic carbocycles. The quantitative estimate of drug-likeness (QED) is 0.458. The van der Waals surface area contributed by atoms with E-state index in [1.54, 1.807) is 12.1 Å². The van der Waals surface area contributed by atoms with Crippen molar-refractivity contribution in [2.24, 2.45) is 0 Å². The van der Waals surface area contributed by atoms with Crippen molar-refractivity contribution in [1.82, 2.24) is 0 Å². The van der Waals surface area contributed by atoms with E-state index in [1.807, 2.05) is 24.3 Å². The monoisotopic (exact) mass is 426 g/mol. The van der Waals surface area contributed by atoms with Crippen LogP contribution in [0.15, 0.2) is 45.3 Å². The molecule has 0 radical (unpaired) electrons. The molecule has 0 N–H and O–H groups in total. The molecule has 0 bridgehead atoms. The number of hydrogen-bond acceptors (Lipinski definition) is 0. The maximum Gasteiger partial charge on any atom is 0.0847 e. The molecule has 0 aliphatic rings. The zero-order chi connectivity index (χ0) is 13.3. The summed E-state index contributed by atoms with van der Waals surface area (Å²) in [6, 6.07) is 11.3. The highest BCUT2D eigenvalue weighted by Crippen LogP contribution is 2.37. The van der Waals surface area contributed by atoms with E-state index in [0.717, 1.165) is 20.1 Å². The zero-order valence-electron chi connectivity index (χ0n) is 8.93. The zero-order valence-corrected chi connectivity index (χ0v) is 14.4. The summed E-state index contributed by atoms with van der Waals surface area (Å²) in [5.41, 5.74) is 1.88. The molecule has 0 saturated carbocycles. The lowest BCUT2D eigenvalue weighted by Gasteiger charge is -2.13. The molecule has 0 amide bonds. The first-order valence-corrected chi connectivity index (χ1v) is 7.81. The second-order valence-electron chi connectivity index (χ2n) is 3.70. The number of rotatable bonds is 2. The lowest BCUT2D eigenvalue weighted by molar-refractivity contribution is 1.13. The number of alkyl halides is 1. The SMILES string of the molecule is Clc1ccc(C(Cl)c2cc(Br)ccc2Br)cc1Cl. The summed E-state index contributed by atoms with van der Waals surface area (Å²) in [5.74, 6) is 0. The maximum atomic E-state index is 6.48. The normalized spacial score (nSPS) is 12.5. The number of hydrogen-bond donors (Lipinski definition) is 0. The first-order valence-electron chi connectivity index (χ1n) is 5.03. The summed E-state index contributed by atoms with van der Waals surface area (Å²) in [7, 11) is 0. The van der Waals surface area contributed by atoms with E-state index >= 15 is 0 Å². The molecule has 0 saturated heterocycles. The van der Waals surface area contributed by atoms with E-state index in [0.29, 0.717) is 10.0 Å². The van der Waals surface area contributed by atoms with Crippen LogP contribution >= 0.6 is 66.7 Å². The maximum absolute atomic E-state index is 6.48. The van der Waals surface area contributed by atoms with Gasteiger partial charge in [0.1, 0.15) is 0 Å². The van der Waals surface area contributed by atoms with Gasteiger partial charge in [0.2, 0.25) is 0 Å². The molecule has 2 aromatic carbocycles. The Labute approximate surface area is 137 Å². The Kier molecular flexibility index (Phi) is 5.01. The lowest BCUT2D eigenvalue weighted by Crippen LogP contribution is -1.95. The molecule has 94 valence electrons. The summed E-state index contributed by atoms with van der Waals surface area (Å²) < 4.78 is 1.93. The van der Waals surface area contributed by atoms with Crippen molar-refractivity contribution in [1.29, 1.82) is 0 Å². The van der Waals surface area contributed by atoms with Gasteiger partial charge in [0, 0.05) is 8.95 Å². The molecule has 18 heavy (non-hydrogen) atoms. The number of benzene rings is 2. The largest absolute Gasteiger partial charge is 0.113 e. The van der Waals surface area contributed by atoms with Crippen LogP contribution < -0.4 is 0 Å². The van der Waals surface area contributed by atoms with E-state index < -0.39 is 0 Å². The predicted molar refractivity (Wildman–Crippen MR) is 86.0 cm³/mol. The second-order valence-corrected chi connectivity index (χ2v) is 6.72. The van der Waals surface area contributed by atoms with Crippen LogP contribution in [-0.4, -0.2) is 0 Å². The van der Waals surface area contributed by atoms with Gasteiger partial charge in [0.05, 0.1) is 15.4 Å². The van der Waals surface area contributed by atoms with Crippen molar-refractivity contribution in [3.8, 4) is 0 Å². The van der Waals surface area contributed by atoms with Gasteiger partial charge in [-0.15, -0.1) is 11.6 Å². The highest BCUT2D eigenvalue weighted by molar-refractivity contribution is 9.11. The van der Waals surface area contributed by atoms with Crippen molar-refractivity contribution in [3.63, 3.8) is 0 Å². The summed E-state index contributed by atoms with van der Waals surface area (Å²) in [6.07, 6.45) is 0. The molecule has 2 rings (SSSR count). The molecule has 5 heteroatoms. The van der Waals surface area contributed by atoms with E-state index in [9.17, 15) is 0 Å². The standard InChI is InChI=1S/C13H7Br2Cl3/c14-8-2-3-10(15)9(6-8)13(18)7-1-4-11(16)12(17)5-7/h1-6,13H. The van der Waals surface area contributed by atoms with Crippen LogP contribution in [0, 0.1) is 0 Å². The van der Waals surface area contributed by atoms with Crippen molar-refractivity contribution in [2.75, 3.05) is 0 Å². The molecule has 2 aromatic rings. The fourth-order valence-corrected chi connectivity index (χ4v) is 3.17. The third-order valence-electron chi connectivity index (χ3n) is 2.47. The Morgan fingerprint density at radius 2 is 1.61 bits per heavy atom.